The molecule has 1 unspecified atom stereocenters. The Morgan fingerprint density at radius 1 is 1.33 bits per heavy atom. The Morgan fingerprint density at radius 2 is 1.83 bits per heavy atom. The first-order valence-corrected chi connectivity index (χ1v) is 4.12. The maximum atomic E-state index is 10.9. The molecule has 0 amide bonds. The normalized spacial score (nSPS) is 32.7. The van der Waals surface area contributed by atoms with E-state index in [-0.39, 0.29) is 16.7 Å². The smallest absolute Gasteiger partial charge is 0.308 e. The summed E-state index contributed by atoms with van der Waals surface area (Å²) in [5.74, 6) is -0.920. The van der Waals surface area contributed by atoms with E-state index in [0.29, 0.717) is 0 Å². The fraction of sp³-hybridized carbons (Fsp3) is 0.500. The van der Waals surface area contributed by atoms with E-state index in [0.717, 1.165) is 0 Å². The van der Waals surface area contributed by atoms with E-state index >= 15 is 0 Å². The molecule has 0 aromatic rings. The molecule has 2 nitrogen and oxygen atoms in total. The van der Waals surface area contributed by atoms with E-state index in [4.69, 9.17) is 5.11 Å². The van der Waals surface area contributed by atoms with Gasteiger partial charge in [-0.2, -0.15) is 0 Å². The van der Waals surface area contributed by atoms with Gasteiger partial charge in [-0.25, -0.2) is 0 Å². The third-order valence-electron chi connectivity index (χ3n) is 3.33. The maximum Gasteiger partial charge on any atom is 0.308 e. The Balaban J connectivity index is 2.38. The molecule has 1 fully saturated rings. The van der Waals surface area contributed by atoms with E-state index in [2.05, 4.69) is 0 Å². The fourth-order valence-electron chi connectivity index (χ4n) is 2.45. The predicted octanol–water partition coefficient (Wildman–Crippen LogP) is 1.84. The molecule has 0 saturated heterocycles. The molecule has 0 heterocycles. The largest absolute Gasteiger partial charge is 0.481 e. The third-order valence-corrected chi connectivity index (χ3v) is 3.33. The van der Waals surface area contributed by atoms with Crippen LogP contribution in [0.25, 0.3) is 0 Å². The molecule has 0 radical (unpaired) electrons. The van der Waals surface area contributed by atoms with Crippen molar-refractivity contribution in [2.24, 2.45) is 16.7 Å². The van der Waals surface area contributed by atoms with Gasteiger partial charge in [0, 0.05) is 5.41 Å². The van der Waals surface area contributed by atoms with E-state index in [1.807, 2.05) is 38.2 Å². The zero-order valence-corrected chi connectivity index (χ0v) is 7.24. The van der Waals surface area contributed by atoms with Crippen LogP contribution in [0, 0.1) is 16.7 Å². The lowest BCUT2D eigenvalue weighted by atomic mass is 9.98. The molecule has 0 aromatic carbocycles. The Labute approximate surface area is 71.6 Å². The van der Waals surface area contributed by atoms with Crippen molar-refractivity contribution in [1.82, 2.24) is 0 Å². The molecular weight excluding hydrogens is 152 g/mol. The van der Waals surface area contributed by atoms with Gasteiger partial charge in [0.25, 0.3) is 0 Å². The quantitative estimate of drug-likeness (QED) is 0.642. The topological polar surface area (TPSA) is 37.3 Å². The Kier molecular flexibility index (Phi) is 1.15. The first kappa shape index (κ1) is 7.59. The number of hydrogen-bond donors (Lipinski definition) is 1. The van der Waals surface area contributed by atoms with Gasteiger partial charge in [-0.05, 0) is 5.41 Å². The minimum Gasteiger partial charge on any atom is -0.481 e. The second-order valence-electron chi connectivity index (χ2n) is 4.14. The van der Waals surface area contributed by atoms with E-state index in [9.17, 15) is 4.79 Å². The average Bonchev–Trinajstić information content (AvgIpc) is 2.32. The summed E-state index contributed by atoms with van der Waals surface area (Å²) in [5, 5.41) is 8.95. The lowest BCUT2D eigenvalue weighted by molar-refractivity contribution is -0.139. The van der Waals surface area contributed by atoms with Gasteiger partial charge >= 0.3 is 5.97 Å². The van der Waals surface area contributed by atoms with Crippen LogP contribution >= 0.6 is 0 Å². The lowest BCUT2D eigenvalue weighted by Gasteiger charge is -2.05. The first-order valence-electron chi connectivity index (χ1n) is 4.12. The zero-order chi connectivity index (χ0) is 8.98. The highest BCUT2D eigenvalue weighted by atomic mass is 16.4. The summed E-state index contributed by atoms with van der Waals surface area (Å²) >= 11 is 0. The molecule has 0 bridgehead atoms. The van der Waals surface area contributed by atoms with Gasteiger partial charge in [0.15, 0.2) is 0 Å². The van der Waals surface area contributed by atoms with E-state index < -0.39 is 5.97 Å². The Morgan fingerprint density at radius 3 is 2.17 bits per heavy atom. The summed E-state index contributed by atoms with van der Waals surface area (Å²) in [6.07, 6.45) is 7.88. The fourth-order valence-corrected chi connectivity index (χ4v) is 2.45. The molecule has 2 heteroatoms. The summed E-state index contributed by atoms with van der Waals surface area (Å²) in [7, 11) is 0. The Hall–Kier alpha value is -1.05. The number of rotatable bonds is 1. The van der Waals surface area contributed by atoms with Crippen molar-refractivity contribution in [2.45, 2.75) is 13.8 Å². The zero-order valence-electron chi connectivity index (χ0n) is 7.24. The molecule has 0 aromatic heterocycles. The maximum absolute atomic E-state index is 10.9. The van der Waals surface area contributed by atoms with Crippen molar-refractivity contribution in [2.75, 3.05) is 0 Å². The lowest BCUT2D eigenvalue weighted by Crippen LogP contribution is -2.04. The Bertz CT molecular complexity index is 285. The average molecular weight is 164 g/mol. The minimum absolute atomic E-state index is 0.109. The SMILES string of the molecule is CC1(C)C(C(=O)O)C12C=CC=C2. The van der Waals surface area contributed by atoms with Crippen LogP contribution in [0.5, 0.6) is 0 Å². The molecule has 1 atom stereocenters. The van der Waals surface area contributed by atoms with Gasteiger partial charge in [-0.15, -0.1) is 0 Å². The summed E-state index contributed by atoms with van der Waals surface area (Å²) in [6.45, 7) is 4.01. The highest BCUT2D eigenvalue weighted by molar-refractivity contribution is 5.79. The summed E-state index contributed by atoms with van der Waals surface area (Å²) < 4.78 is 0. The van der Waals surface area contributed by atoms with Gasteiger partial charge in [0.2, 0.25) is 0 Å². The van der Waals surface area contributed by atoms with Crippen molar-refractivity contribution >= 4 is 5.97 Å². The number of carbonyl (C=O) groups is 1. The molecule has 64 valence electrons. The number of hydrogen-bond acceptors (Lipinski definition) is 1. The van der Waals surface area contributed by atoms with Gasteiger partial charge < -0.3 is 5.11 Å². The van der Waals surface area contributed by atoms with Crippen molar-refractivity contribution < 1.29 is 9.90 Å². The minimum atomic E-state index is -0.684. The van der Waals surface area contributed by atoms with Crippen LogP contribution < -0.4 is 0 Å². The summed E-state index contributed by atoms with van der Waals surface area (Å²) in [5.41, 5.74) is -0.291. The third kappa shape index (κ3) is 0.591. The van der Waals surface area contributed by atoms with Crippen molar-refractivity contribution in [3.63, 3.8) is 0 Å². The highest BCUT2D eigenvalue weighted by Gasteiger charge is 2.72. The van der Waals surface area contributed by atoms with Crippen LogP contribution in [0.1, 0.15) is 13.8 Å². The van der Waals surface area contributed by atoms with Crippen LogP contribution in [0.15, 0.2) is 24.3 Å². The monoisotopic (exact) mass is 164 g/mol. The standard InChI is InChI=1S/C10H12O2/c1-9(2)7(8(11)12)10(9)5-3-4-6-10/h3-7H,1-2H3,(H,11,12). The first-order chi connectivity index (χ1) is 5.52. The molecule has 12 heavy (non-hydrogen) atoms. The second-order valence-corrected chi connectivity index (χ2v) is 4.14. The van der Waals surface area contributed by atoms with Crippen LogP contribution in [-0.4, -0.2) is 11.1 Å². The molecule has 1 saturated carbocycles. The summed E-state index contributed by atoms with van der Waals surface area (Å²) in [4.78, 5) is 10.9. The molecular formula is C10H12O2. The van der Waals surface area contributed by atoms with Crippen LogP contribution in [-0.2, 0) is 4.79 Å². The van der Waals surface area contributed by atoms with E-state index in [1.165, 1.54) is 0 Å². The van der Waals surface area contributed by atoms with Crippen LogP contribution in [0.3, 0.4) is 0 Å². The number of carboxylic acids is 1. The van der Waals surface area contributed by atoms with E-state index in [1.54, 1.807) is 0 Å². The van der Waals surface area contributed by atoms with Gasteiger partial charge in [-0.3, -0.25) is 4.79 Å². The second kappa shape index (κ2) is 1.82. The molecule has 2 aliphatic carbocycles. The number of aliphatic carboxylic acids is 1. The molecule has 1 N–H and O–H groups in total. The molecule has 1 spiro atoms. The van der Waals surface area contributed by atoms with Gasteiger partial charge in [0.05, 0.1) is 5.92 Å². The predicted molar refractivity (Wildman–Crippen MR) is 45.6 cm³/mol. The highest BCUT2D eigenvalue weighted by Crippen LogP contribution is 2.71. The van der Waals surface area contributed by atoms with Crippen molar-refractivity contribution in [3.05, 3.63) is 24.3 Å². The van der Waals surface area contributed by atoms with Crippen molar-refractivity contribution in [3.8, 4) is 0 Å². The summed E-state index contributed by atoms with van der Waals surface area (Å²) in [6, 6.07) is 0. The molecule has 2 rings (SSSR count). The van der Waals surface area contributed by atoms with Crippen molar-refractivity contribution in [1.29, 1.82) is 0 Å². The van der Waals surface area contributed by atoms with Crippen LogP contribution in [0.2, 0.25) is 0 Å². The number of allylic oxidation sites excluding steroid dienone is 4. The molecule has 2 aliphatic rings. The van der Waals surface area contributed by atoms with Crippen LogP contribution in [0.4, 0.5) is 0 Å². The number of carboxylic acid groups (broad SMARTS) is 1. The van der Waals surface area contributed by atoms with Gasteiger partial charge in [0.1, 0.15) is 0 Å². The van der Waals surface area contributed by atoms with Gasteiger partial charge in [-0.1, -0.05) is 38.2 Å². The molecule has 0 aliphatic heterocycles.